The van der Waals surface area contributed by atoms with Crippen molar-refractivity contribution in [3.63, 3.8) is 0 Å². The van der Waals surface area contributed by atoms with Gasteiger partial charge in [0.15, 0.2) is 0 Å². The van der Waals surface area contributed by atoms with Crippen molar-refractivity contribution in [1.29, 1.82) is 0 Å². The third-order valence-electron chi connectivity index (χ3n) is 3.67. The van der Waals surface area contributed by atoms with E-state index >= 15 is 0 Å². The van der Waals surface area contributed by atoms with Crippen molar-refractivity contribution in [1.82, 2.24) is 4.98 Å². The van der Waals surface area contributed by atoms with Gasteiger partial charge in [-0.2, -0.15) is 0 Å². The van der Waals surface area contributed by atoms with Gasteiger partial charge in [-0.05, 0) is 38.1 Å². The molecule has 1 N–H and O–H groups in total. The van der Waals surface area contributed by atoms with Gasteiger partial charge in [0, 0.05) is 5.56 Å². The maximum atomic E-state index is 12.8. The lowest BCUT2D eigenvalue weighted by atomic mass is 10.1. The number of carboxylic acid groups (broad SMARTS) is 1. The Bertz CT molecular complexity index is 1030. The maximum Gasteiger partial charge on any atom is 0.359 e. The highest BCUT2D eigenvalue weighted by Crippen LogP contribution is 2.29. The van der Waals surface area contributed by atoms with Crippen LogP contribution in [-0.2, 0) is 9.84 Å². The fourth-order valence-corrected chi connectivity index (χ4v) is 3.55. The first-order valence-corrected chi connectivity index (χ1v) is 8.90. The number of aromatic nitrogens is 1. The van der Waals surface area contributed by atoms with E-state index in [1.807, 2.05) is 13.8 Å². The van der Waals surface area contributed by atoms with E-state index in [0.29, 0.717) is 5.56 Å². The zero-order valence-electron chi connectivity index (χ0n) is 13.6. The molecule has 25 heavy (non-hydrogen) atoms. The summed E-state index contributed by atoms with van der Waals surface area (Å²) in [5.74, 6) is -1.52. The molecule has 128 valence electrons. The van der Waals surface area contributed by atoms with Crippen molar-refractivity contribution in [2.45, 2.75) is 23.8 Å². The maximum absolute atomic E-state index is 12.8. The molecule has 0 saturated carbocycles. The number of rotatable bonds is 4. The molecule has 0 unspecified atom stereocenters. The number of hydrogen-bond donors (Lipinski definition) is 1. The van der Waals surface area contributed by atoms with Crippen LogP contribution in [0.5, 0.6) is 0 Å². The molecule has 0 aliphatic carbocycles. The second kappa shape index (κ2) is 6.18. The van der Waals surface area contributed by atoms with Crippen molar-refractivity contribution in [3.05, 3.63) is 65.4 Å². The van der Waals surface area contributed by atoms with E-state index in [-0.39, 0.29) is 10.8 Å². The van der Waals surface area contributed by atoms with Crippen molar-refractivity contribution < 1.29 is 22.7 Å². The summed E-state index contributed by atoms with van der Waals surface area (Å²) in [6.45, 7) is 3.72. The Hall–Kier alpha value is -2.93. The predicted octanol–water partition coefficient (Wildman–Crippen LogP) is 3.49. The molecule has 1 heterocycles. The standard InChI is InChI=1S/C18H15NO5S/c1-11-3-7-13(8-4-11)16-19-15(17(20)21)18(24-16)25(22,23)14-9-5-12(2)6-10-14/h3-10H,1-2H3,(H,20,21). The minimum atomic E-state index is -4.14. The summed E-state index contributed by atoms with van der Waals surface area (Å²) in [6, 6.07) is 13.1. The van der Waals surface area contributed by atoms with Crippen LogP contribution in [0.4, 0.5) is 0 Å². The highest BCUT2D eigenvalue weighted by atomic mass is 32.2. The molecule has 0 bridgehead atoms. The first-order valence-electron chi connectivity index (χ1n) is 7.42. The van der Waals surface area contributed by atoms with E-state index in [4.69, 9.17) is 4.42 Å². The molecule has 7 heteroatoms. The van der Waals surface area contributed by atoms with E-state index in [0.717, 1.165) is 11.1 Å². The second-order valence-electron chi connectivity index (χ2n) is 5.64. The lowest BCUT2D eigenvalue weighted by Gasteiger charge is -2.02. The van der Waals surface area contributed by atoms with Crippen LogP contribution >= 0.6 is 0 Å². The van der Waals surface area contributed by atoms with Gasteiger partial charge in [-0.1, -0.05) is 35.4 Å². The van der Waals surface area contributed by atoms with Crippen LogP contribution in [0.2, 0.25) is 0 Å². The Kier molecular flexibility index (Phi) is 4.18. The summed E-state index contributed by atoms with van der Waals surface area (Å²) >= 11 is 0. The van der Waals surface area contributed by atoms with Crippen LogP contribution in [0.25, 0.3) is 11.5 Å². The molecule has 3 aromatic rings. The number of oxazole rings is 1. The van der Waals surface area contributed by atoms with Gasteiger partial charge in [-0.25, -0.2) is 18.2 Å². The van der Waals surface area contributed by atoms with Crippen molar-refractivity contribution >= 4 is 15.8 Å². The molecule has 0 saturated heterocycles. The van der Waals surface area contributed by atoms with Gasteiger partial charge in [0.25, 0.3) is 5.09 Å². The van der Waals surface area contributed by atoms with Gasteiger partial charge < -0.3 is 9.52 Å². The Balaban J connectivity index is 2.16. The first kappa shape index (κ1) is 16.9. The van der Waals surface area contributed by atoms with Crippen LogP contribution in [0, 0.1) is 13.8 Å². The van der Waals surface area contributed by atoms with E-state index < -0.39 is 26.6 Å². The molecule has 0 spiro atoms. The van der Waals surface area contributed by atoms with E-state index in [1.54, 1.807) is 36.4 Å². The molecule has 0 amide bonds. The Morgan fingerprint density at radius 1 is 0.960 bits per heavy atom. The van der Waals surface area contributed by atoms with Crippen LogP contribution < -0.4 is 0 Å². The number of benzene rings is 2. The number of hydrogen-bond acceptors (Lipinski definition) is 5. The lowest BCUT2D eigenvalue weighted by molar-refractivity contribution is 0.0684. The van der Waals surface area contributed by atoms with Gasteiger partial charge >= 0.3 is 5.97 Å². The summed E-state index contributed by atoms with van der Waals surface area (Å²) in [5.41, 5.74) is 1.76. The third-order valence-corrected chi connectivity index (χ3v) is 5.33. The van der Waals surface area contributed by atoms with Crippen molar-refractivity contribution in [2.75, 3.05) is 0 Å². The largest absolute Gasteiger partial charge is 0.476 e. The summed E-state index contributed by atoms with van der Waals surface area (Å²) in [5, 5.41) is 8.67. The number of carboxylic acids is 1. The average Bonchev–Trinajstić information content (AvgIpc) is 3.02. The Labute approximate surface area is 144 Å². The normalized spacial score (nSPS) is 11.4. The van der Waals surface area contributed by atoms with E-state index in [1.165, 1.54) is 12.1 Å². The topological polar surface area (TPSA) is 97.5 Å². The average molecular weight is 357 g/mol. The summed E-state index contributed by atoms with van der Waals surface area (Å²) < 4.78 is 30.9. The number of nitrogens with zero attached hydrogens (tertiary/aromatic N) is 1. The molecule has 0 radical (unpaired) electrons. The third kappa shape index (κ3) is 3.18. The molecule has 0 aliphatic rings. The molecule has 3 rings (SSSR count). The summed E-state index contributed by atoms with van der Waals surface area (Å²) in [4.78, 5) is 15.3. The number of aromatic carboxylic acids is 1. The Morgan fingerprint density at radius 3 is 2.00 bits per heavy atom. The van der Waals surface area contributed by atoms with E-state index in [2.05, 4.69) is 4.98 Å². The molecule has 2 aromatic carbocycles. The van der Waals surface area contributed by atoms with Crippen molar-refractivity contribution in [2.24, 2.45) is 0 Å². The van der Waals surface area contributed by atoms with Crippen molar-refractivity contribution in [3.8, 4) is 11.5 Å². The lowest BCUT2D eigenvalue weighted by Crippen LogP contribution is -2.08. The van der Waals surface area contributed by atoms with Gasteiger partial charge in [0.05, 0.1) is 4.90 Å². The molecule has 1 aromatic heterocycles. The van der Waals surface area contributed by atoms with Crippen LogP contribution in [0.3, 0.4) is 0 Å². The van der Waals surface area contributed by atoms with Gasteiger partial charge in [-0.3, -0.25) is 0 Å². The molecule has 0 aliphatic heterocycles. The van der Waals surface area contributed by atoms with Gasteiger partial charge in [-0.15, -0.1) is 0 Å². The minimum absolute atomic E-state index is 0.0489. The van der Waals surface area contributed by atoms with Gasteiger partial charge in [0.1, 0.15) is 0 Å². The number of carbonyl (C=O) groups is 1. The molecule has 6 nitrogen and oxygen atoms in total. The van der Waals surface area contributed by atoms with Crippen LogP contribution in [0.1, 0.15) is 21.6 Å². The molecular formula is C18H15NO5S. The quantitative estimate of drug-likeness (QED) is 0.767. The monoisotopic (exact) mass is 357 g/mol. The van der Waals surface area contributed by atoms with Crippen LogP contribution in [-0.4, -0.2) is 24.5 Å². The zero-order chi connectivity index (χ0) is 18.2. The zero-order valence-corrected chi connectivity index (χ0v) is 14.4. The highest BCUT2D eigenvalue weighted by molar-refractivity contribution is 7.91. The van der Waals surface area contributed by atoms with E-state index in [9.17, 15) is 18.3 Å². The summed E-state index contributed by atoms with van der Waals surface area (Å²) in [7, 11) is -4.14. The highest BCUT2D eigenvalue weighted by Gasteiger charge is 2.32. The minimum Gasteiger partial charge on any atom is -0.476 e. The van der Waals surface area contributed by atoms with Crippen LogP contribution in [0.15, 0.2) is 62.9 Å². The molecular weight excluding hydrogens is 342 g/mol. The smallest absolute Gasteiger partial charge is 0.359 e. The fraction of sp³-hybridized carbons (Fsp3) is 0.111. The SMILES string of the molecule is Cc1ccc(-c2nc(C(=O)O)c(S(=O)(=O)c3ccc(C)cc3)o2)cc1. The molecule has 0 fully saturated rings. The predicted molar refractivity (Wildman–Crippen MR) is 90.3 cm³/mol. The first-order chi connectivity index (χ1) is 11.8. The molecule has 0 atom stereocenters. The number of sulfone groups is 1. The summed E-state index contributed by atoms with van der Waals surface area (Å²) in [6.07, 6.45) is 0. The fourth-order valence-electron chi connectivity index (χ4n) is 2.27. The number of aryl methyl sites for hydroxylation is 2. The second-order valence-corrected chi connectivity index (χ2v) is 7.49. The van der Waals surface area contributed by atoms with Gasteiger partial charge in [0.2, 0.25) is 21.4 Å². The Morgan fingerprint density at radius 2 is 1.48 bits per heavy atom.